The largest absolute Gasteiger partial charge is 0.465 e. The molecule has 0 fully saturated rings. The predicted octanol–water partition coefficient (Wildman–Crippen LogP) is 5.70. The second kappa shape index (κ2) is 13.0. The molecule has 0 bridgehead atoms. The van der Waals surface area contributed by atoms with Crippen molar-refractivity contribution in [1.29, 1.82) is 0 Å². The van der Waals surface area contributed by atoms with E-state index in [0.29, 0.717) is 37.7 Å². The molecule has 0 radical (unpaired) electrons. The van der Waals surface area contributed by atoms with Crippen LogP contribution in [-0.2, 0) is 14.3 Å². The molecule has 6 rings (SSSR count). The Bertz CT molecular complexity index is 2090. The van der Waals surface area contributed by atoms with Gasteiger partial charge in [-0.2, -0.15) is 0 Å². The molecule has 1 aliphatic heterocycles. The molecule has 5 aromatic rings. The first kappa shape index (κ1) is 30.1. The van der Waals surface area contributed by atoms with Crippen molar-refractivity contribution in [3.63, 3.8) is 0 Å². The Balaban J connectivity index is 1.50. The van der Waals surface area contributed by atoms with Gasteiger partial charge in [-0.15, -0.1) is 11.8 Å². The smallest absolute Gasteiger partial charge is 0.338 e. The number of methoxy groups -OCH3 is 1. The third kappa shape index (κ3) is 5.94. The third-order valence-electron chi connectivity index (χ3n) is 7.30. The summed E-state index contributed by atoms with van der Waals surface area (Å²) in [5.74, 6) is 0.105. The highest BCUT2D eigenvalue weighted by atomic mass is 32.2. The molecule has 10 heteroatoms. The number of rotatable bonds is 8. The topological polar surface area (TPSA) is 100 Å². The van der Waals surface area contributed by atoms with Crippen molar-refractivity contribution in [2.45, 2.75) is 17.9 Å². The van der Waals surface area contributed by atoms with Crippen LogP contribution in [0.1, 0.15) is 40.2 Å². The van der Waals surface area contributed by atoms with Crippen LogP contribution in [0.3, 0.4) is 0 Å². The molecule has 0 saturated carbocycles. The SMILES string of the molecule is CCOC(=O)C1=C(c2ccccc2)N=c2s/c(=C\c3ccc(-c4ccc(C(=O)OC)cc4)o3)c(=O)n2[C@@H]1c1ccc(SC)cc1. The van der Waals surface area contributed by atoms with Gasteiger partial charge in [0.2, 0.25) is 0 Å². The van der Waals surface area contributed by atoms with E-state index in [0.717, 1.165) is 21.6 Å². The summed E-state index contributed by atoms with van der Waals surface area (Å²) in [5, 5.41) is 0. The van der Waals surface area contributed by atoms with Gasteiger partial charge >= 0.3 is 11.9 Å². The zero-order valence-electron chi connectivity index (χ0n) is 24.7. The number of carbonyl (C=O) groups excluding carboxylic acids is 2. The Hall–Kier alpha value is -4.93. The van der Waals surface area contributed by atoms with Crippen molar-refractivity contribution < 1.29 is 23.5 Å². The van der Waals surface area contributed by atoms with Crippen molar-refractivity contribution in [2.75, 3.05) is 20.0 Å². The number of fused-ring (bicyclic) bond motifs is 1. The number of benzene rings is 3. The molecule has 226 valence electrons. The maximum absolute atomic E-state index is 14.1. The number of carbonyl (C=O) groups is 2. The number of ether oxygens (including phenoxy) is 2. The normalized spacial score (nSPS) is 14.6. The quantitative estimate of drug-likeness (QED) is 0.159. The van der Waals surface area contributed by atoms with Crippen LogP contribution in [0.4, 0.5) is 0 Å². The van der Waals surface area contributed by atoms with Crippen molar-refractivity contribution in [3.8, 4) is 11.3 Å². The number of thioether (sulfide) groups is 1. The summed E-state index contributed by atoms with van der Waals surface area (Å²) in [6.45, 7) is 1.93. The van der Waals surface area contributed by atoms with Crippen LogP contribution in [0.5, 0.6) is 0 Å². The van der Waals surface area contributed by atoms with E-state index in [-0.39, 0.29) is 12.2 Å². The number of hydrogen-bond acceptors (Lipinski definition) is 9. The first-order valence-corrected chi connectivity index (χ1v) is 16.2. The number of furan rings is 1. The summed E-state index contributed by atoms with van der Waals surface area (Å²) in [7, 11) is 1.34. The zero-order valence-corrected chi connectivity index (χ0v) is 26.3. The van der Waals surface area contributed by atoms with Gasteiger partial charge in [0.15, 0.2) is 4.80 Å². The highest BCUT2D eigenvalue weighted by molar-refractivity contribution is 7.98. The van der Waals surface area contributed by atoms with Crippen LogP contribution >= 0.6 is 23.1 Å². The van der Waals surface area contributed by atoms with E-state index in [4.69, 9.17) is 18.9 Å². The summed E-state index contributed by atoms with van der Waals surface area (Å²) in [5.41, 5.74) is 3.19. The van der Waals surface area contributed by atoms with E-state index in [9.17, 15) is 14.4 Å². The van der Waals surface area contributed by atoms with Crippen LogP contribution in [0.25, 0.3) is 23.1 Å². The summed E-state index contributed by atoms with van der Waals surface area (Å²) in [6, 6.07) is 27.0. The lowest BCUT2D eigenvalue weighted by molar-refractivity contribution is -0.138. The fourth-order valence-corrected chi connectivity index (χ4v) is 6.53. The van der Waals surface area contributed by atoms with E-state index in [1.165, 1.54) is 18.4 Å². The summed E-state index contributed by atoms with van der Waals surface area (Å²) in [4.78, 5) is 45.9. The van der Waals surface area contributed by atoms with E-state index in [1.54, 1.807) is 65.7 Å². The molecular formula is C35H28N2O6S2. The van der Waals surface area contributed by atoms with E-state index in [2.05, 4.69) is 0 Å². The van der Waals surface area contributed by atoms with Crippen LogP contribution in [0.2, 0.25) is 0 Å². The lowest BCUT2D eigenvalue weighted by atomic mass is 9.93. The van der Waals surface area contributed by atoms with E-state index >= 15 is 0 Å². The Kier molecular flexibility index (Phi) is 8.68. The van der Waals surface area contributed by atoms with Gasteiger partial charge in [-0.3, -0.25) is 9.36 Å². The molecule has 0 N–H and O–H groups in total. The molecule has 45 heavy (non-hydrogen) atoms. The lowest BCUT2D eigenvalue weighted by Gasteiger charge is -2.26. The minimum absolute atomic E-state index is 0.180. The Morgan fingerprint density at radius 3 is 2.36 bits per heavy atom. The number of thiazole rings is 1. The number of nitrogens with zero attached hydrogens (tertiary/aromatic N) is 2. The van der Waals surface area contributed by atoms with Gasteiger partial charge in [-0.25, -0.2) is 14.6 Å². The van der Waals surface area contributed by atoms with Gasteiger partial charge in [0.1, 0.15) is 11.5 Å². The molecule has 2 aromatic heterocycles. The Morgan fingerprint density at radius 2 is 1.69 bits per heavy atom. The average molecular weight is 637 g/mol. The molecule has 3 aromatic carbocycles. The number of hydrogen-bond donors (Lipinski definition) is 0. The molecule has 0 aliphatic carbocycles. The van der Waals surface area contributed by atoms with Crippen molar-refractivity contribution in [1.82, 2.24) is 4.57 Å². The maximum atomic E-state index is 14.1. The molecule has 0 unspecified atom stereocenters. The van der Waals surface area contributed by atoms with Crippen LogP contribution < -0.4 is 14.9 Å². The van der Waals surface area contributed by atoms with Crippen molar-refractivity contribution in [3.05, 3.63) is 139 Å². The maximum Gasteiger partial charge on any atom is 0.338 e. The van der Waals surface area contributed by atoms with Gasteiger partial charge in [0.05, 0.1) is 41.1 Å². The molecule has 3 heterocycles. The first-order chi connectivity index (χ1) is 21.9. The third-order valence-corrected chi connectivity index (χ3v) is 9.02. The predicted molar refractivity (Wildman–Crippen MR) is 175 cm³/mol. The second-order valence-electron chi connectivity index (χ2n) is 9.98. The number of esters is 2. The highest BCUT2D eigenvalue weighted by Crippen LogP contribution is 2.35. The van der Waals surface area contributed by atoms with Crippen LogP contribution in [0.15, 0.2) is 116 Å². The Morgan fingerprint density at radius 1 is 0.956 bits per heavy atom. The monoisotopic (exact) mass is 636 g/mol. The van der Waals surface area contributed by atoms with E-state index < -0.39 is 18.0 Å². The molecule has 0 spiro atoms. The fraction of sp³-hybridized carbons (Fsp3) is 0.143. The lowest BCUT2D eigenvalue weighted by Crippen LogP contribution is -2.40. The van der Waals surface area contributed by atoms with E-state index in [1.807, 2.05) is 60.9 Å². The van der Waals surface area contributed by atoms with Crippen LogP contribution in [0, 0.1) is 0 Å². The van der Waals surface area contributed by atoms with Crippen molar-refractivity contribution in [2.24, 2.45) is 4.99 Å². The Labute approximate surface area is 267 Å². The minimum atomic E-state index is -0.756. The molecule has 1 atom stereocenters. The average Bonchev–Trinajstić information content (AvgIpc) is 3.68. The second-order valence-corrected chi connectivity index (χ2v) is 11.9. The summed E-state index contributed by atoms with van der Waals surface area (Å²) in [6.07, 6.45) is 3.67. The van der Waals surface area contributed by atoms with Gasteiger partial charge in [-0.05, 0) is 55.1 Å². The molecular weight excluding hydrogens is 609 g/mol. The number of aromatic nitrogens is 1. The van der Waals surface area contributed by atoms with Gasteiger partial charge in [0, 0.05) is 22.1 Å². The summed E-state index contributed by atoms with van der Waals surface area (Å²) >= 11 is 2.84. The highest BCUT2D eigenvalue weighted by Gasteiger charge is 2.35. The van der Waals surface area contributed by atoms with Crippen molar-refractivity contribution >= 4 is 46.8 Å². The molecule has 1 aliphatic rings. The van der Waals surface area contributed by atoms with Gasteiger partial charge < -0.3 is 13.9 Å². The minimum Gasteiger partial charge on any atom is -0.465 e. The van der Waals surface area contributed by atoms with Crippen LogP contribution in [-0.4, -0.2) is 36.5 Å². The first-order valence-electron chi connectivity index (χ1n) is 14.1. The summed E-state index contributed by atoms with van der Waals surface area (Å²) < 4.78 is 18.4. The molecule has 0 saturated heterocycles. The standard InChI is InChI=1S/C35H28N2O6S2/c1-4-42-34(40)29-30(22-8-6-5-7-9-22)36-35-37(31(29)23-14-17-26(44-3)18-15-23)32(38)28(45-35)20-25-16-19-27(43-25)21-10-12-24(13-11-21)33(39)41-2/h5-20,31H,4H2,1-3H3/b28-20-/t31-/m1/s1. The van der Waals surface area contributed by atoms with Gasteiger partial charge in [0.25, 0.3) is 5.56 Å². The van der Waals surface area contributed by atoms with Gasteiger partial charge in [-0.1, -0.05) is 65.9 Å². The molecule has 0 amide bonds. The zero-order chi connectivity index (χ0) is 31.5. The fourth-order valence-electron chi connectivity index (χ4n) is 5.15. The molecule has 8 nitrogen and oxygen atoms in total.